The van der Waals surface area contributed by atoms with E-state index in [1.807, 2.05) is 17.0 Å². The molecule has 0 aliphatic carbocycles. The fourth-order valence-electron chi connectivity index (χ4n) is 3.11. The SMILES string of the molecule is CC1CCN(C(=O)c2cccc(NC(=O)CNc3cccc(Cl)c3)c2)CC1. The first-order valence-corrected chi connectivity index (χ1v) is 9.57. The monoisotopic (exact) mass is 385 g/mol. The molecule has 0 unspecified atom stereocenters. The standard InChI is InChI=1S/C21H24ClN3O2/c1-15-8-10-25(11-9-15)21(27)16-4-2-7-19(12-16)24-20(26)14-23-18-6-3-5-17(22)13-18/h2-7,12-13,15,23H,8-11,14H2,1H3,(H,24,26). The fraction of sp³-hybridized carbons (Fsp3) is 0.333. The van der Waals surface area contributed by atoms with E-state index in [1.54, 1.807) is 36.4 Å². The molecule has 5 nitrogen and oxygen atoms in total. The average molecular weight is 386 g/mol. The molecule has 2 N–H and O–H groups in total. The molecule has 27 heavy (non-hydrogen) atoms. The topological polar surface area (TPSA) is 61.4 Å². The minimum Gasteiger partial charge on any atom is -0.376 e. The first kappa shape index (κ1) is 19.2. The van der Waals surface area contributed by atoms with Crippen LogP contribution in [0.5, 0.6) is 0 Å². The highest BCUT2D eigenvalue weighted by molar-refractivity contribution is 6.30. The van der Waals surface area contributed by atoms with Crippen LogP contribution in [0.15, 0.2) is 48.5 Å². The van der Waals surface area contributed by atoms with Gasteiger partial charge in [0.2, 0.25) is 5.91 Å². The van der Waals surface area contributed by atoms with Gasteiger partial charge >= 0.3 is 0 Å². The van der Waals surface area contributed by atoms with E-state index in [1.165, 1.54) is 0 Å². The summed E-state index contributed by atoms with van der Waals surface area (Å²) in [5.74, 6) is 0.507. The van der Waals surface area contributed by atoms with Gasteiger partial charge in [0.1, 0.15) is 0 Å². The van der Waals surface area contributed by atoms with Crippen LogP contribution in [0.1, 0.15) is 30.1 Å². The molecule has 1 aliphatic heterocycles. The Bertz CT molecular complexity index is 817. The molecule has 0 bridgehead atoms. The van der Waals surface area contributed by atoms with Crippen LogP contribution in [0.4, 0.5) is 11.4 Å². The molecule has 0 radical (unpaired) electrons. The number of piperidine rings is 1. The van der Waals surface area contributed by atoms with Gasteiger partial charge in [0.05, 0.1) is 6.54 Å². The van der Waals surface area contributed by atoms with Gasteiger partial charge < -0.3 is 15.5 Å². The fourth-order valence-corrected chi connectivity index (χ4v) is 3.30. The molecule has 142 valence electrons. The second-order valence-electron chi connectivity index (χ2n) is 6.97. The first-order chi connectivity index (χ1) is 13.0. The van der Waals surface area contributed by atoms with Crippen molar-refractivity contribution in [2.75, 3.05) is 30.3 Å². The highest BCUT2D eigenvalue weighted by atomic mass is 35.5. The number of nitrogens with one attached hydrogen (secondary N) is 2. The van der Waals surface area contributed by atoms with E-state index < -0.39 is 0 Å². The Morgan fingerprint density at radius 3 is 2.52 bits per heavy atom. The second-order valence-corrected chi connectivity index (χ2v) is 7.40. The van der Waals surface area contributed by atoms with Gasteiger partial charge in [-0.05, 0) is 55.2 Å². The van der Waals surface area contributed by atoms with E-state index in [0.717, 1.165) is 31.6 Å². The lowest BCUT2D eigenvalue weighted by Crippen LogP contribution is -2.37. The minimum atomic E-state index is -0.189. The Balaban J connectivity index is 1.56. The third-order valence-corrected chi connectivity index (χ3v) is 4.98. The van der Waals surface area contributed by atoms with Gasteiger partial charge in [-0.15, -0.1) is 0 Å². The zero-order chi connectivity index (χ0) is 19.2. The number of halogens is 1. The second kappa shape index (κ2) is 8.91. The van der Waals surface area contributed by atoms with Crippen molar-refractivity contribution in [3.63, 3.8) is 0 Å². The Morgan fingerprint density at radius 2 is 1.78 bits per heavy atom. The number of likely N-dealkylation sites (tertiary alicyclic amines) is 1. The minimum absolute atomic E-state index is 0.0232. The quantitative estimate of drug-likeness (QED) is 0.808. The summed E-state index contributed by atoms with van der Waals surface area (Å²) < 4.78 is 0. The predicted molar refractivity (Wildman–Crippen MR) is 109 cm³/mol. The lowest BCUT2D eigenvalue weighted by atomic mass is 9.98. The number of anilines is 2. The van der Waals surface area contributed by atoms with E-state index in [-0.39, 0.29) is 18.4 Å². The Labute approximate surface area is 164 Å². The third kappa shape index (κ3) is 5.47. The van der Waals surface area contributed by atoms with Gasteiger partial charge in [-0.3, -0.25) is 9.59 Å². The number of benzene rings is 2. The van der Waals surface area contributed by atoms with Crippen molar-refractivity contribution < 1.29 is 9.59 Å². The molecule has 1 heterocycles. The predicted octanol–water partition coefficient (Wildman–Crippen LogP) is 4.26. The van der Waals surface area contributed by atoms with Gasteiger partial charge in [-0.2, -0.15) is 0 Å². The van der Waals surface area contributed by atoms with E-state index in [0.29, 0.717) is 22.2 Å². The number of amides is 2. The number of nitrogens with zero attached hydrogens (tertiary/aromatic N) is 1. The molecular weight excluding hydrogens is 362 g/mol. The zero-order valence-corrected chi connectivity index (χ0v) is 16.1. The average Bonchev–Trinajstić information content (AvgIpc) is 2.67. The van der Waals surface area contributed by atoms with Crippen molar-refractivity contribution in [1.29, 1.82) is 0 Å². The summed E-state index contributed by atoms with van der Waals surface area (Å²) in [6, 6.07) is 14.3. The van der Waals surface area contributed by atoms with Crippen LogP contribution in [0.3, 0.4) is 0 Å². The van der Waals surface area contributed by atoms with Crippen molar-refractivity contribution in [1.82, 2.24) is 4.90 Å². The van der Waals surface area contributed by atoms with Crippen LogP contribution in [0, 0.1) is 5.92 Å². The van der Waals surface area contributed by atoms with E-state index in [2.05, 4.69) is 17.6 Å². The van der Waals surface area contributed by atoms with E-state index in [4.69, 9.17) is 11.6 Å². The van der Waals surface area contributed by atoms with Gasteiger partial charge in [0, 0.05) is 35.1 Å². The van der Waals surface area contributed by atoms with Gasteiger partial charge in [-0.1, -0.05) is 30.7 Å². The van der Waals surface area contributed by atoms with Crippen molar-refractivity contribution in [2.24, 2.45) is 5.92 Å². The molecule has 2 aromatic rings. The lowest BCUT2D eigenvalue weighted by Gasteiger charge is -2.30. The summed E-state index contributed by atoms with van der Waals surface area (Å²) >= 11 is 5.93. The Morgan fingerprint density at radius 1 is 1.07 bits per heavy atom. The summed E-state index contributed by atoms with van der Waals surface area (Å²) in [5, 5.41) is 6.46. The summed E-state index contributed by atoms with van der Waals surface area (Å²) in [4.78, 5) is 26.8. The summed E-state index contributed by atoms with van der Waals surface area (Å²) in [6.45, 7) is 3.91. The molecule has 2 amide bonds. The molecule has 0 spiro atoms. The zero-order valence-electron chi connectivity index (χ0n) is 15.4. The maximum atomic E-state index is 12.7. The third-order valence-electron chi connectivity index (χ3n) is 4.74. The molecule has 0 saturated carbocycles. The van der Waals surface area contributed by atoms with Crippen LogP contribution in [0.2, 0.25) is 5.02 Å². The maximum Gasteiger partial charge on any atom is 0.253 e. The van der Waals surface area contributed by atoms with Gasteiger partial charge in [0.25, 0.3) is 5.91 Å². The van der Waals surface area contributed by atoms with E-state index >= 15 is 0 Å². The van der Waals surface area contributed by atoms with Crippen molar-refractivity contribution >= 4 is 34.8 Å². The van der Waals surface area contributed by atoms with E-state index in [9.17, 15) is 9.59 Å². The lowest BCUT2D eigenvalue weighted by molar-refractivity contribution is -0.114. The number of hydrogen-bond donors (Lipinski definition) is 2. The van der Waals surface area contributed by atoms with Crippen LogP contribution < -0.4 is 10.6 Å². The molecule has 3 rings (SSSR count). The van der Waals surface area contributed by atoms with Gasteiger partial charge in [0.15, 0.2) is 0 Å². The normalized spacial score (nSPS) is 14.7. The molecule has 0 aromatic heterocycles. The molecule has 1 fully saturated rings. The molecular formula is C21H24ClN3O2. The highest BCUT2D eigenvalue weighted by Crippen LogP contribution is 2.20. The van der Waals surface area contributed by atoms with Crippen LogP contribution in [0.25, 0.3) is 0 Å². The number of rotatable bonds is 5. The molecule has 2 aromatic carbocycles. The maximum absolute atomic E-state index is 12.7. The Kier molecular flexibility index (Phi) is 6.35. The molecule has 1 saturated heterocycles. The largest absolute Gasteiger partial charge is 0.376 e. The molecule has 6 heteroatoms. The summed E-state index contributed by atoms with van der Waals surface area (Å²) in [6.07, 6.45) is 2.08. The number of carbonyl (C=O) groups is 2. The summed E-state index contributed by atoms with van der Waals surface area (Å²) in [5.41, 5.74) is 2.00. The van der Waals surface area contributed by atoms with Crippen molar-refractivity contribution in [3.05, 3.63) is 59.1 Å². The number of hydrogen-bond acceptors (Lipinski definition) is 3. The Hall–Kier alpha value is -2.53. The van der Waals surface area contributed by atoms with Crippen molar-refractivity contribution in [2.45, 2.75) is 19.8 Å². The smallest absolute Gasteiger partial charge is 0.253 e. The van der Waals surface area contributed by atoms with Crippen molar-refractivity contribution in [3.8, 4) is 0 Å². The van der Waals surface area contributed by atoms with Crippen LogP contribution in [-0.2, 0) is 4.79 Å². The number of carbonyl (C=O) groups excluding carboxylic acids is 2. The molecule has 0 atom stereocenters. The highest BCUT2D eigenvalue weighted by Gasteiger charge is 2.21. The van der Waals surface area contributed by atoms with Crippen LogP contribution >= 0.6 is 11.6 Å². The summed E-state index contributed by atoms with van der Waals surface area (Å²) in [7, 11) is 0. The first-order valence-electron chi connectivity index (χ1n) is 9.20. The molecule has 1 aliphatic rings. The van der Waals surface area contributed by atoms with Gasteiger partial charge in [-0.25, -0.2) is 0 Å². The van der Waals surface area contributed by atoms with Crippen LogP contribution in [-0.4, -0.2) is 36.3 Å².